The van der Waals surface area contributed by atoms with E-state index in [1.54, 1.807) is 12.1 Å². The fourth-order valence-corrected chi connectivity index (χ4v) is 3.52. The molecule has 3 N–H and O–H groups in total. The van der Waals surface area contributed by atoms with Gasteiger partial charge in [0.25, 0.3) is 0 Å². The van der Waals surface area contributed by atoms with E-state index in [0.29, 0.717) is 24.5 Å². The third-order valence-electron chi connectivity index (χ3n) is 4.40. The lowest BCUT2D eigenvalue weighted by molar-refractivity contribution is 0.0387. The number of hydrogen-bond acceptors (Lipinski definition) is 3. The van der Waals surface area contributed by atoms with Crippen LogP contribution in [0.4, 0.5) is 4.39 Å². The molecule has 5 heteroatoms. The van der Waals surface area contributed by atoms with Gasteiger partial charge in [0.05, 0.1) is 17.7 Å². The molecule has 0 aromatic heterocycles. The summed E-state index contributed by atoms with van der Waals surface area (Å²) in [6, 6.07) is 4.79. The molecule has 3 rings (SSSR count). The quantitative estimate of drug-likeness (QED) is 0.883. The molecule has 1 aromatic carbocycles. The van der Waals surface area contributed by atoms with Crippen LogP contribution in [0.1, 0.15) is 31.2 Å². The van der Waals surface area contributed by atoms with E-state index >= 15 is 0 Å². The maximum atomic E-state index is 14.2. The van der Waals surface area contributed by atoms with Crippen LogP contribution in [0.2, 0.25) is 0 Å². The fourth-order valence-electron chi connectivity index (χ4n) is 3.16. The van der Waals surface area contributed by atoms with Crippen LogP contribution >= 0.6 is 15.9 Å². The average molecular weight is 344 g/mol. The summed E-state index contributed by atoms with van der Waals surface area (Å²) < 4.78 is 20.9. The summed E-state index contributed by atoms with van der Waals surface area (Å²) in [6.07, 6.45) is 3.81. The van der Waals surface area contributed by atoms with Crippen molar-refractivity contribution in [1.82, 2.24) is 0 Å². The van der Waals surface area contributed by atoms with Gasteiger partial charge >= 0.3 is 0 Å². The third-order valence-corrected chi connectivity index (χ3v) is 4.89. The summed E-state index contributed by atoms with van der Waals surface area (Å²) in [4.78, 5) is 0. The lowest BCUT2D eigenvalue weighted by atomic mass is 9.81. The molecular formula is C15H19BrFNO2. The van der Waals surface area contributed by atoms with E-state index in [1.165, 1.54) is 6.07 Å². The smallest absolute Gasteiger partial charge is 0.128 e. The Balaban J connectivity index is 1.89. The van der Waals surface area contributed by atoms with Crippen LogP contribution in [0.5, 0.6) is 0 Å². The molecule has 0 amide bonds. The second kappa shape index (κ2) is 5.37. The minimum atomic E-state index is -0.859. The number of ether oxygens (including phenoxy) is 1. The van der Waals surface area contributed by atoms with Gasteiger partial charge in [-0.05, 0) is 43.9 Å². The molecule has 0 aliphatic heterocycles. The number of aliphatic hydroxyl groups excluding tert-OH is 1. The monoisotopic (exact) mass is 343 g/mol. The van der Waals surface area contributed by atoms with Crippen molar-refractivity contribution < 1.29 is 14.2 Å². The zero-order valence-corrected chi connectivity index (χ0v) is 12.8. The number of rotatable bonds is 4. The van der Waals surface area contributed by atoms with Crippen LogP contribution < -0.4 is 5.73 Å². The van der Waals surface area contributed by atoms with E-state index in [1.807, 2.05) is 0 Å². The Bertz CT molecular complexity index is 509. The third kappa shape index (κ3) is 2.64. The summed E-state index contributed by atoms with van der Waals surface area (Å²) in [6.45, 7) is -0.0486. The molecule has 0 heterocycles. The van der Waals surface area contributed by atoms with Crippen molar-refractivity contribution in [3.8, 4) is 0 Å². The molecule has 2 aliphatic rings. The standard InChI is InChI=1S/C15H19BrFNO2/c16-10-1-4-14(17)13(6-10)15(18)7-12(5-9(15)8-19)20-11-2-3-11/h1,4,6,9,11-12,19H,2-3,5,7-8,18H2/t9-,12-,15-/m0/s1. The number of hydrogen-bond donors (Lipinski definition) is 2. The van der Waals surface area contributed by atoms with E-state index in [-0.39, 0.29) is 24.4 Å². The first-order chi connectivity index (χ1) is 9.53. The number of nitrogens with two attached hydrogens (primary N) is 1. The minimum absolute atomic E-state index is 0.0167. The van der Waals surface area contributed by atoms with Crippen molar-refractivity contribution in [3.63, 3.8) is 0 Å². The highest BCUT2D eigenvalue weighted by molar-refractivity contribution is 9.10. The minimum Gasteiger partial charge on any atom is -0.396 e. The van der Waals surface area contributed by atoms with Crippen molar-refractivity contribution in [1.29, 1.82) is 0 Å². The number of halogens is 2. The van der Waals surface area contributed by atoms with Gasteiger partial charge in [0.15, 0.2) is 0 Å². The van der Waals surface area contributed by atoms with Crippen LogP contribution in [0.25, 0.3) is 0 Å². The highest BCUT2D eigenvalue weighted by Crippen LogP contribution is 2.45. The number of aliphatic hydroxyl groups is 1. The molecule has 20 heavy (non-hydrogen) atoms. The summed E-state index contributed by atoms with van der Waals surface area (Å²) in [5.41, 5.74) is 6.10. The molecule has 0 unspecified atom stereocenters. The Morgan fingerprint density at radius 3 is 2.80 bits per heavy atom. The zero-order valence-electron chi connectivity index (χ0n) is 11.2. The Kier molecular flexibility index (Phi) is 3.88. The molecule has 3 atom stereocenters. The van der Waals surface area contributed by atoms with Gasteiger partial charge in [-0.3, -0.25) is 0 Å². The molecule has 0 spiro atoms. The van der Waals surface area contributed by atoms with Crippen molar-refractivity contribution in [2.75, 3.05) is 6.61 Å². The summed E-state index contributed by atoms with van der Waals surface area (Å²) in [7, 11) is 0. The van der Waals surface area contributed by atoms with E-state index in [9.17, 15) is 9.50 Å². The Labute approximate surface area is 126 Å². The molecule has 1 aromatic rings. The normalized spacial score (nSPS) is 33.6. The predicted molar refractivity (Wildman–Crippen MR) is 77.7 cm³/mol. The largest absolute Gasteiger partial charge is 0.396 e. The van der Waals surface area contributed by atoms with Gasteiger partial charge < -0.3 is 15.6 Å². The van der Waals surface area contributed by atoms with Gasteiger partial charge in [0.2, 0.25) is 0 Å². The van der Waals surface area contributed by atoms with E-state index in [2.05, 4.69) is 15.9 Å². The summed E-state index contributed by atoms with van der Waals surface area (Å²) in [5, 5.41) is 9.62. The topological polar surface area (TPSA) is 55.5 Å². The van der Waals surface area contributed by atoms with Crippen molar-refractivity contribution >= 4 is 15.9 Å². The highest BCUT2D eigenvalue weighted by Gasteiger charge is 2.48. The highest BCUT2D eigenvalue weighted by atomic mass is 79.9. The van der Waals surface area contributed by atoms with E-state index in [0.717, 1.165) is 17.3 Å². The van der Waals surface area contributed by atoms with Crippen LogP contribution in [0.3, 0.4) is 0 Å². The fraction of sp³-hybridized carbons (Fsp3) is 0.600. The first-order valence-electron chi connectivity index (χ1n) is 7.03. The molecule has 0 bridgehead atoms. The van der Waals surface area contributed by atoms with Crippen molar-refractivity contribution in [2.24, 2.45) is 11.7 Å². The molecule has 2 saturated carbocycles. The molecule has 3 nitrogen and oxygen atoms in total. The van der Waals surface area contributed by atoms with Crippen LogP contribution in [-0.2, 0) is 10.3 Å². The second-order valence-corrected chi connectivity index (χ2v) is 6.86. The van der Waals surface area contributed by atoms with Crippen molar-refractivity contribution in [3.05, 3.63) is 34.1 Å². The summed E-state index contributed by atoms with van der Waals surface area (Å²) in [5.74, 6) is -0.490. The Morgan fingerprint density at radius 1 is 1.40 bits per heavy atom. The molecule has 110 valence electrons. The van der Waals surface area contributed by atoms with Gasteiger partial charge in [-0.1, -0.05) is 15.9 Å². The number of benzene rings is 1. The Hall–Kier alpha value is -0.490. The van der Waals surface area contributed by atoms with Gasteiger partial charge in [-0.15, -0.1) is 0 Å². The maximum Gasteiger partial charge on any atom is 0.128 e. The Morgan fingerprint density at radius 2 is 2.15 bits per heavy atom. The van der Waals surface area contributed by atoms with Gasteiger partial charge in [0.1, 0.15) is 5.82 Å². The van der Waals surface area contributed by atoms with Gasteiger partial charge in [0, 0.05) is 22.6 Å². The van der Waals surface area contributed by atoms with E-state index in [4.69, 9.17) is 10.5 Å². The molecule has 0 radical (unpaired) electrons. The molecule has 0 saturated heterocycles. The first-order valence-corrected chi connectivity index (χ1v) is 7.83. The molecular weight excluding hydrogens is 325 g/mol. The van der Waals surface area contributed by atoms with Crippen molar-refractivity contribution in [2.45, 2.75) is 43.4 Å². The first kappa shape index (κ1) is 14.4. The average Bonchev–Trinajstić information content (AvgIpc) is 3.15. The lowest BCUT2D eigenvalue weighted by Gasteiger charge is -2.31. The van der Waals surface area contributed by atoms with Crippen LogP contribution in [-0.4, -0.2) is 23.9 Å². The summed E-state index contributed by atoms with van der Waals surface area (Å²) >= 11 is 3.36. The predicted octanol–water partition coefficient (Wildman–Crippen LogP) is 2.69. The zero-order chi connectivity index (χ0) is 14.3. The van der Waals surface area contributed by atoms with Crippen LogP contribution in [0, 0.1) is 11.7 Å². The lowest BCUT2D eigenvalue weighted by Crippen LogP contribution is -2.43. The second-order valence-electron chi connectivity index (χ2n) is 5.94. The van der Waals surface area contributed by atoms with E-state index < -0.39 is 5.54 Å². The molecule has 2 fully saturated rings. The van der Waals surface area contributed by atoms with Crippen LogP contribution in [0.15, 0.2) is 22.7 Å². The maximum absolute atomic E-state index is 14.2. The van der Waals surface area contributed by atoms with Gasteiger partial charge in [-0.2, -0.15) is 0 Å². The molecule has 2 aliphatic carbocycles. The SMILES string of the molecule is N[C@@]1(c2cc(Br)ccc2F)C[C@@H](OC2CC2)C[C@H]1CO. The van der Waals surface area contributed by atoms with Gasteiger partial charge in [-0.25, -0.2) is 4.39 Å².